The van der Waals surface area contributed by atoms with E-state index in [0.29, 0.717) is 6.54 Å². The third kappa shape index (κ3) is 3.93. The number of benzene rings is 1. The minimum absolute atomic E-state index is 0.0520. The molecule has 2 fully saturated rings. The van der Waals surface area contributed by atoms with Crippen LogP contribution >= 0.6 is 0 Å². The Bertz CT molecular complexity index is 615. The van der Waals surface area contributed by atoms with E-state index in [0.717, 1.165) is 18.4 Å². The van der Waals surface area contributed by atoms with E-state index in [9.17, 15) is 14.0 Å². The summed E-state index contributed by atoms with van der Waals surface area (Å²) in [4.78, 5) is 27.6. The minimum atomic E-state index is -1.10. The fourth-order valence-corrected chi connectivity index (χ4v) is 3.28. The molecule has 1 aliphatic heterocycles. The number of likely N-dealkylation sites (tertiary alicyclic amines) is 1. The molecular formula is C18H24FN3O2. The van der Waals surface area contributed by atoms with Crippen molar-refractivity contribution in [2.24, 2.45) is 5.73 Å². The maximum atomic E-state index is 13.6. The number of primary amides is 1. The van der Waals surface area contributed by atoms with Crippen LogP contribution in [0.2, 0.25) is 0 Å². The first-order chi connectivity index (χ1) is 11.4. The third-order valence-electron chi connectivity index (χ3n) is 4.80. The van der Waals surface area contributed by atoms with E-state index in [4.69, 9.17) is 5.73 Å². The van der Waals surface area contributed by atoms with Crippen molar-refractivity contribution in [2.75, 3.05) is 13.1 Å². The quantitative estimate of drug-likeness (QED) is 0.855. The van der Waals surface area contributed by atoms with E-state index in [1.165, 1.54) is 5.56 Å². The number of hydrogen-bond donors (Lipinski definition) is 1. The highest BCUT2D eigenvalue weighted by atomic mass is 19.1. The fraction of sp³-hybridized carbons (Fsp3) is 0.556. The lowest BCUT2D eigenvalue weighted by Gasteiger charge is -2.27. The molecule has 1 aliphatic carbocycles. The van der Waals surface area contributed by atoms with Gasteiger partial charge in [0.25, 0.3) is 0 Å². The monoisotopic (exact) mass is 333 g/mol. The van der Waals surface area contributed by atoms with Crippen molar-refractivity contribution in [3.8, 4) is 0 Å². The van der Waals surface area contributed by atoms with Crippen molar-refractivity contribution in [3.63, 3.8) is 0 Å². The first-order valence-electron chi connectivity index (χ1n) is 8.46. The Kier molecular flexibility index (Phi) is 4.85. The lowest BCUT2D eigenvalue weighted by molar-refractivity contribution is -0.134. The topological polar surface area (TPSA) is 66.6 Å². The summed E-state index contributed by atoms with van der Waals surface area (Å²) >= 11 is 0. The van der Waals surface area contributed by atoms with Gasteiger partial charge < -0.3 is 10.6 Å². The molecule has 0 aromatic heterocycles. The van der Waals surface area contributed by atoms with Crippen LogP contribution in [-0.4, -0.2) is 53.0 Å². The molecule has 2 aliphatic rings. The highest BCUT2D eigenvalue weighted by Gasteiger charge is 2.39. The van der Waals surface area contributed by atoms with E-state index < -0.39 is 18.1 Å². The number of rotatable bonds is 6. The van der Waals surface area contributed by atoms with E-state index in [-0.39, 0.29) is 31.5 Å². The van der Waals surface area contributed by atoms with Gasteiger partial charge in [-0.1, -0.05) is 29.8 Å². The van der Waals surface area contributed by atoms with E-state index in [1.54, 1.807) is 4.90 Å². The molecule has 6 heteroatoms. The maximum absolute atomic E-state index is 13.6. The molecule has 24 heavy (non-hydrogen) atoms. The second-order valence-corrected chi connectivity index (χ2v) is 6.92. The number of aryl methyl sites for hydroxylation is 1. The van der Waals surface area contributed by atoms with Crippen molar-refractivity contribution in [1.82, 2.24) is 9.80 Å². The van der Waals surface area contributed by atoms with E-state index in [1.807, 2.05) is 36.1 Å². The molecule has 0 spiro atoms. The molecule has 1 saturated heterocycles. The number of nitrogens with zero attached hydrogens (tertiary/aromatic N) is 2. The lowest BCUT2D eigenvalue weighted by Crippen LogP contribution is -2.46. The zero-order valence-corrected chi connectivity index (χ0v) is 14.0. The van der Waals surface area contributed by atoms with Gasteiger partial charge in [0.15, 0.2) is 0 Å². The number of carbonyl (C=O) groups excluding carboxylic acids is 2. The molecule has 1 aromatic rings. The number of hydrogen-bond acceptors (Lipinski definition) is 3. The molecule has 2 N–H and O–H groups in total. The molecule has 5 nitrogen and oxygen atoms in total. The molecule has 1 aromatic carbocycles. The molecular weight excluding hydrogens is 309 g/mol. The molecule has 2 amide bonds. The normalized spacial score (nSPS) is 24.1. The van der Waals surface area contributed by atoms with Crippen molar-refractivity contribution >= 4 is 11.8 Å². The van der Waals surface area contributed by atoms with Gasteiger partial charge >= 0.3 is 0 Å². The lowest BCUT2D eigenvalue weighted by atomic mass is 10.1. The van der Waals surface area contributed by atoms with Crippen LogP contribution in [0.4, 0.5) is 4.39 Å². The summed E-state index contributed by atoms with van der Waals surface area (Å²) in [6.07, 6.45) is 0.997. The van der Waals surface area contributed by atoms with Gasteiger partial charge in [-0.25, -0.2) is 4.39 Å². The van der Waals surface area contributed by atoms with Crippen LogP contribution in [0.15, 0.2) is 24.3 Å². The Morgan fingerprint density at radius 3 is 2.54 bits per heavy atom. The highest BCUT2D eigenvalue weighted by Crippen LogP contribution is 2.29. The van der Waals surface area contributed by atoms with Crippen LogP contribution in [0.25, 0.3) is 0 Å². The van der Waals surface area contributed by atoms with Crippen LogP contribution < -0.4 is 5.73 Å². The molecule has 0 bridgehead atoms. The van der Waals surface area contributed by atoms with Crippen LogP contribution in [0.3, 0.4) is 0 Å². The zero-order valence-electron chi connectivity index (χ0n) is 14.0. The van der Waals surface area contributed by atoms with Gasteiger partial charge in [-0.2, -0.15) is 0 Å². The van der Waals surface area contributed by atoms with Gasteiger partial charge in [-0.15, -0.1) is 0 Å². The Morgan fingerprint density at radius 2 is 1.96 bits per heavy atom. The molecule has 0 radical (unpaired) electrons. The molecule has 2 atom stereocenters. The second kappa shape index (κ2) is 6.89. The first kappa shape index (κ1) is 16.9. The van der Waals surface area contributed by atoms with Crippen LogP contribution in [0.1, 0.15) is 30.4 Å². The Morgan fingerprint density at radius 1 is 1.29 bits per heavy atom. The number of nitrogens with two attached hydrogens (primary N) is 1. The molecule has 0 unspecified atom stereocenters. The van der Waals surface area contributed by atoms with Crippen molar-refractivity contribution in [1.29, 1.82) is 0 Å². The van der Waals surface area contributed by atoms with Gasteiger partial charge in [0.2, 0.25) is 11.8 Å². The maximum Gasteiger partial charge on any atom is 0.237 e. The first-order valence-corrected chi connectivity index (χ1v) is 8.46. The highest BCUT2D eigenvalue weighted by molar-refractivity contribution is 5.83. The van der Waals surface area contributed by atoms with Gasteiger partial charge in [0, 0.05) is 25.6 Å². The average molecular weight is 333 g/mol. The largest absolute Gasteiger partial charge is 0.368 e. The van der Waals surface area contributed by atoms with Crippen molar-refractivity contribution in [3.05, 3.63) is 35.4 Å². The predicted octanol–water partition coefficient (Wildman–Crippen LogP) is 1.38. The minimum Gasteiger partial charge on any atom is -0.368 e. The summed E-state index contributed by atoms with van der Waals surface area (Å²) in [5.41, 5.74) is 7.60. The second-order valence-electron chi connectivity index (χ2n) is 6.92. The van der Waals surface area contributed by atoms with Crippen molar-refractivity contribution in [2.45, 2.75) is 51.0 Å². The zero-order chi connectivity index (χ0) is 17.3. The molecule has 3 rings (SSSR count). The van der Waals surface area contributed by atoms with Gasteiger partial charge in [-0.05, 0) is 25.3 Å². The molecule has 130 valence electrons. The molecule has 1 heterocycles. The van der Waals surface area contributed by atoms with E-state index >= 15 is 0 Å². The average Bonchev–Trinajstić information content (AvgIpc) is 3.29. The summed E-state index contributed by atoms with van der Waals surface area (Å²) in [7, 11) is 0. The van der Waals surface area contributed by atoms with Crippen LogP contribution in [0, 0.1) is 6.92 Å². The summed E-state index contributed by atoms with van der Waals surface area (Å²) in [5.74, 6) is -0.613. The summed E-state index contributed by atoms with van der Waals surface area (Å²) in [6.45, 7) is 2.73. The smallest absolute Gasteiger partial charge is 0.237 e. The Hall–Kier alpha value is -1.95. The van der Waals surface area contributed by atoms with Gasteiger partial charge in [0.05, 0.1) is 12.6 Å². The van der Waals surface area contributed by atoms with Crippen molar-refractivity contribution < 1.29 is 14.0 Å². The Balaban J connectivity index is 1.66. The van der Waals surface area contributed by atoms with Gasteiger partial charge in [0.1, 0.15) is 6.17 Å². The van der Waals surface area contributed by atoms with Crippen LogP contribution in [-0.2, 0) is 16.1 Å². The SMILES string of the molecule is Cc1ccc(CN(C(=O)CN2C[C@H](F)C[C@H]2C(N)=O)C2CC2)cc1. The number of halogens is 1. The number of amides is 2. The summed E-state index contributed by atoms with van der Waals surface area (Å²) in [6, 6.07) is 7.69. The number of alkyl halides is 1. The van der Waals surface area contributed by atoms with E-state index in [2.05, 4.69) is 0 Å². The Labute approximate surface area is 141 Å². The van der Waals surface area contributed by atoms with Crippen LogP contribution in [0.5, 0.6) is 0 Å². The van der Waals surface area contributed by atoms with Gasteiger partial charge in [-0.3, -0.25) is 14.5 Å². The predicted molar refractivity (Wildman–Crippen MR) is 88.8 cm³/mol. The summed E-state index contributed by atoms with van der Waals surface area (Å²) < 4.78 is 13.6. The fourth-order valence-electron chi connectivity index (χ4n) is 3.28. The number of carbonyl (C=O) groups is 2. The molecule has 1 saturated carbocycles. The standard InChI is InChI=1S/C18H24FN3O2/c1-12-2-4-13(5-3-12)9-22(15-6-7-15)17(23)11-21-10-14(19)8-16(21)18(20)24/h2-5,14-16H,6-11H2,1H3,(H2,20,24)/t14-,16+/m1/s1. The third-order valence-corrected chi connectivity index (χ3v) is 4.80. The summed E-state index contributed by atoms with van der Waals surface area (Å²) in [5, 5.41) is 0.